The highest BCUT2D eigenvalue weighted by Crippen LogP contribution is 2.38. The molecule has 1 aromatic heterocycles. The van der Waals surface area contributed by atoms with Crippen LogP contribution in [0.5, 0.6) is 0 Å². The first-order valence-corrected chi connectivity index (χ1v) is 7.85. The standard InChI is InChI=1S/C15H25N3O/c1-2-10-4-3-5-11(8-10)14-17-15(19-18-14)12-6-7-13(16)9-12/h10-13H,2-9,16H2,1H3/t10?,11?,12-,13+/m1/s1. The summed E-state index contributed by atoms with van der Waals surface area (Å²) < 4.78 is 5.50. The molecule has 2 saturated carbocycles. The number of rotatable bonds is 3. The van der Waals surface area contributed by atoms with Crippen molar-refractivity contribution in [3.63, 3.8) is 0 Å². The SMILES string of the molecule is CCC1CCCC(c2noc([C@@H]3CC[C@H](N)C3)n2)C1. The van der Waals surface area contributed by atoms with E-state index in [0.29, 0.717) is 17.9 Å². The molecule has 1 aromatic rings. The maximum Gasteiger partial charge on any atom is 0.229 e. The van der Waals surface area contributed by atoms with Gasteiger partial charge in [-0.3, -0.25) is 0 Å². The molecule has 0 spiro atoms. The van der Waals surface area contributed by atoms with Gasteiger partial charge in [0, 0.05) is 17.9 Å². The van der Waals surface area contributed by atoms with E-state index in [0.717, 1.165) is 36.9 Å². The Morgan fingerprint density at radius 1 is 1.16 bits per heavy atom. The van der Waals surface area contributed by atoms with Crippen molar-refractivity contribution in [2.45, 2.75) is 76.2 Å². The van der Waals surface area contributed by atoms with Crippen molar-refractivity contribution in [3.8, 4) is 0 Å². The molecular formula is C15H25N3O. The van der Waals surface area contributed by atoms with Gasteiger partial charge in [0.15, 0.2) is 5.82 Å². The molecule has 2 aliphatic rings. The maximum absolute atomic E-state index is 5.96. The zero-order valence-electron chi connectivity index (χ0n) is 11.8. The Bertz CT molecular complexity index is 417. The van der Waals surface area contributed by atoms with Crippen molar-refractivity contribution >= 4 is 0 Å². The minimum absolute atomic E-state index is 0.319. The van der Waals surface area contributed by atoms with Crippen molar-refractivity contribution in [1.29, 1.82) is 0 Å². The molecule has 2 unspecified atom stereocenters. The van der Waals surface area contributed by atoms with E-state index < -0.39 is 0 Å². The van der Waals surface area contributed by atoms with Crippen LogP contribution in [0.25, 0.3) is 0 Å². The van der Waals surface area contributed by atoms with Gasteiger partial charge in [-0.2, -0.15) is 4.98 Å². The van der Waals surface area contributed by atoms with E-state index >= 15 is 0 Å². The van der Waals surface area contributed by atoms with Crippen molar-refractivity contribution < 1.29 is 4.52 Å². The molecule has 4 nitrogen and oxygen atoms in total. The Morgan fingerprint density at radius 2 is 2.05 bits per heavy atom. The number of hydrogen-bond donors (Lipinski definition) is 1. The summed E-state index contributed by atoms with van der Waals surface area (Å²) in [7, 11) is 0. The molecule has 3 rings (SSSR count). The van der Waals surface area contributed by atoms with Crippen molar-refractivity contribution in [3.05, 3.63) is 11.7 Å². The molecule has 0 bridgehead atoms. The highest BCUT2D eigenvalue weighted by Gasteiger charge is 2.30. The first kappa shape index (κ1) is 13.1. The largest absolute Gasteiger partial charge is 0.339 e. The molecule has 2 fully saturated rings. The van der Waals surface area contributed by atoms with Gasteiger partial charge in [-0.1, -0.05) is 31.3 Å². The molecule has 0 aromatic carbocycles. The lowest BCUT2D eigenvalue weighted by Crippen LogP contribution is -2.15. The normalized spacial score (nSPS) is 35.7. The fourth-order valence-corrected chi connectivity index (χ4v) is 3.72. The lowest BCUT2D eigenvalue weighted by Gasteiger charge is -2.26. The van der Waals surface area contributed by atoms with Crippen LogP contribution in [0.4, 0.5) is 0 Å². The molecule has 2 aliphatic carbocycles. The second kappa shape index (κ2) is 5.61. The quantitative estimate of drug-likeness (QED) is 0.908. The molecular weight excluding hydrogens is 238 g/mol. The van der Waals surface area contributed by atoms with E-state index in [1.165, 1.54) is 32.1 Å². The number of nitrogens with two attached hydrogens (primary N) is 1. The summed E-state index contributed by atoms with van der Waals surface area (Å²) in [6.45, 7) is 2.29. The molecule has 0 saturated heterocycles. The molecule has 2 N–H and O–H groups in total. The fourth-order valence-electron chi connectivity index (χ4n) is 3.72. The summed E-state index contributed by atoms with van der Waals surface area (Å²) in [5.41, 5.74) is 5.96. The van der Waals surface area contributed by atoms with Crippen LogP contribution >= 0.6 is 0 Å². The lowest BCUT2D eigenvalue weighted by molar-refractivity contribution is 0.296. The van der Waals surface area contributed by atoms with Gasteiger partial charge in [0.05, 0.1) is 0 Å². The van der Waals surface area contributed by atoms with Crippen LogP contribution in [0, 0.1) is 5.92 Å². The minimum atomic E-state index is 0.319. The fraction of sp³-hybridized carbons (Fsp3) is 0.867. The summed E-state index contributed by atoms with van der Waals surface area (Å²) in [6, 6.07) is 0.319. The second-order valence-electron chi connectivity index (χ2n) is 6.40. The Balaban J connectivity index is 1.67. The first-order valence-electron chi connectivity index (χ1n) is 7.85. The maximum atomic E-state index is 5.96. The third kappa shape index (κ3) is 2.83. The van der Waals surface area contributed by atoms with Crippen LogP contribution in [0.15, 0.2) is 4.52 Å². The zero-order valence-corrected chi connectivity index (χ0v) is 11.8. The Labute approximate surface area is 115 Å². The molecule has 1 heterocycles. The summed E-state index contributed by atoms with van der Waals surface area (Å²) in [6.07, 6.45) is 9.60. The summed E-state index contributed by atoms with van der Waals surface area (Å²) in [4.78, 5) is 4.69. The monoisotopic (exact) mass is 263 g/mol. The van der Waals surface area contributed by atoms with Crippen LogP contribution in [-0.2, 0) is 0 Å². The number of aromatic nitrogens is 2. The molecule has 4 heteroatoms. The summed E-state index contributed by atoms with van der Waals surface area (Å²) >= 11 is 0. The smallest absolute Gasteiger partial charge is 0.229 e. The van der Waals surface area contributed by atoms with Gasteiger partial charge in [0.1, 0.15) is 0 Å². The van der Waals surface area contributed by atoms with Crippen LogP contribution in [-0.4, -0.2) is 16.2 Å². The Hall–Kier alpha value is -0.900. The third-order valence-electron chi connectivity index (χ3n) is 5.01. The first-order chi connectivity index (χ1) is 9.26. The van der Waals surface area contributed by atoms with Gasteiger partial charge in [-0.15, -0.1) is 0 Å². The van der Waals surface area contributed by atoms with Crippen LogP contribution in [0.3, 0.4) is 0 Å². The van der Waals surface area contributed by atoms with Gasteiger partial charge in [-0.05, 0) is 38.0 Å². The molecule has 106 valence electrons. The molecule has 19 heavy (non-hydrogen) atoms. The minimum Gasteiger partial charge on any atom is -0.339 e. The van der Waals surface area contributed by atoms with E-state index in [-0.39, 0.29) is 0 Å². The predicted octanol–water partition coefficient (Wildman–Crippen LogP) is 3.35. The molecule has 4 atom stereocenters. The Kier molecular flexibility index (Phi) is 3.87. The van der Waals surface area contributed by atoms with Crippen molar-refractivity contribution in [2.75, 3.05) is 0 Å². The zero-order chi connectivity index (χ0) is 13.2. The summed E-state index contributed by atoms with van der Waals surface area (Å²) in [5, 5.41) is 4.25. The van der Waals surface area contributed by atoms with E-state index in [1.54, 1.807) is 0 Å². The average molecular weight is 263 g/mol. The number of hydrogen-bond acceptors (Lipinski definition) is 4. The van der Waals surface area contributed by atoms with Crippen LogP contribution < -0.4 is 5.73 Å². The predicted molar refractivity (Wildman–Crippen MR) is 73.9 cm³/mol. The van der Waals surface area contributed by atoms with Crippen molar-refractivity contribution in [2.24, 2.45) is 11.7 Å². The van der Waals surface area contributed by atoms with E-state index in [4.69, 9.17) is 10.3 Å². The van der Waals surface area contributed by atoms with Gasteiger partial charge in [-0.25, -0.2) is 0 Å². The van der Waals surface area contributed by atoms with E-state index in [9.17, 15) is 0 Å². The third-order valence-corrected chi connectivity index (χ3v) is 5.01. The highest BCUT2D eigenvalue weighted by atomic mass is 16.5. The second-order valence-corrected chi connectivity index (χ2v) is 6.40. The summed E-state index contributed by atoms with van der Waals surface area (Å²) in [5.74, 6) is 3.56. The van der Waals surface area contributed by atoms with Gasteiger partial charge >= 0.3 is 0 Å². The van der Waals surface area contributed by atoms with Crippen LogP contribution in [0.2, 0.25) is 0 Å². The van der Waals surface area contributed by atoms with Gasteiger partial charge < -0.3 is 10.3 Å². The van der Waals surface area contributed by atoms with Crippen LogP contribution in [0.1, 0.15) is 81.8 Å². The average Bonchev–Trinajstić information content (AvgIpc) is 3.07. The van der Waals surface area contributed by atoms with Crippen molar-refractivity contribution in [1.82, 2.24) is 10.1 Å². The molecule has 0 radical (unpaired) electrons. The molecule has 0 aliphatic heterocycles. The van der Waals surface area contributed by atoms with E-state index in [1.807, 2.05) is 0 Å². The number of nitrogens with zero attached hydrogens (tertiary/aromatic N) is 2. The Morgan fingerprint density at radius 3 is 2.79 bits per heavy atom. The van der Waals surface area contributed by atoms with E-state index in [2.05, 4.69) is 17.1 Å². The lowest BCUT2D eigenvalue weighted by atomic mass is 9.80. The van der Waals surface area contributed by atoms with Gasteiger partial charge in [0.25, 0.3) is 0 Å². The highest BCUT2D eigenvalue weighted by molar-refractivity contribution is 5.03. The molecule has 0 amide bonds. The van der Waals surface area contributed by atoms with Gasteiger partial charge in [0.2, 0.25) is 5.89 Å². The topological polar surface area (TPSA) is 64.9 Å².